The molecule has 4 amide bonds. The SMILES string of the molecule is CC(C)c1ncccc1-c1ncc2c(n1)N(Cc1ccc(-n3ccc(F)n3)cc1)C(=O)C2.COc1cc(C(F)(F)F)nn1-c1ccc(CN2C(=O)Cc3cnc(-c4cccnc4C(C)C)nc32)cc1.Cc1cc(C(F)F)nn1-c1ccc(CN2C(=O)Cc3cnc(-c4cccnc4C(C)C)nc32)cc1.Cn1cc(C(F)(F)F)nc1-c1ccc(CN2C(=O)Cc3cnc(-c4cccnc4F)nc32)cc1. The second kappa shape index (κ2) is 38.9. The number of ether oxygens (including phenoxy) is 1. The molecule has 138 heavy (non-hydrogen) atoms. The van der Waals surface area contributed by atoms with Crippen molar-refractivity contribution in [1.29, 1.82) is 0 Å². The molecule has 4 aliphatic rings. The molecule has 0 radical (unpaired) electrons. The van der Waals surface area contributed by atoms with E-state index in [2.05, 4.69) is 92.8 Å². The predicted octanol–water partition coefficient (Wildman–Crippen LogP) is 18.4. The normalized spacial score (nSPS) is 13.3. The van der Waals surface area contributed by atoms with Crippen LogP contribution in [0.25, 0.3) is 74.0 Å². The van der Waals surface area contributed by atoms with E-state index in [0.29, 0.717) is 82.0 Å². The second-order valence-electron chi connectivity index (χ2n) is 33.7. The maximum absolute atomic E-state index is 14.1. The van der Waals surface area contributed by atoms with Crippen molar-refractivity contribution < 1.29 is 67.8 Å². The molecule has 0 bridgehead atoms. The highest BCUT2D eigenvalue weighted by molar-refractivity contribution is 6.03. The Balaban J connectivity index is 0.000000127. The molecular weight excluding hydrogens is 1800 g/mol. The van der Waals surface area contributed by atoms with E-state index in [1.54, 1.807) is 120 Å². The van der Waals surface area contributed by atoms with Crippen LogP contribution in [-0.4, -0.2) is 129 Å². The summed E-state index contributed by atoms with van der Waals surface area (Å²) in [6.45, 7) is 15.3. The van der Waals surface area contributed by atoms with Crippen molar-refractivity contribution in [1.82, 2.24) is 98.7 Å². The van der Waals surface area contributed by atoms with E-state index >= 15 is 0 Å². The Kier molecular flexibility index (Phi) is 26.3. The second-order valence-corrected chi connectivity index (χ2v) is 33.7. The lowest BCUT2D eigenvalue weighted by Gasteiger charge is -2.18. The molecular formula is C99H84F10N24O5. The van der Waals surface area contributed by atoms with Gasteiger partial charge >= 0.3 is 12.4 Å². The minimum absolute atomic E-state index is 0.0139. The highest BCUT2D eigenvalue weighted by Crippen LogP contribution is 2.41. The molecule has 16 aromatic rings. The largest absolute Gasteiger partial charge is 0.481 e. The highest BCUT2D eigenvalue weighted by Gasteiger charge is 2.39. The Morgan fingerprint density at radius 3 is 1.11 bits per heavy atom. The summed E-state index contributed by atoms with van der Waals surface area (Å²) >= 11 is 0. The molecule has 16 heterocycles. The third-order valence-corrected chi connectivity index (χ3v) is 23.0. The van der Waals surface area contributed by atoms with Crippen LogP contribution in [0, 0.1) is 18.8 Å². The molecule has 0 fully saturated rings. The van der Waals surface area contributed by atoms with Crippen molar-refractivity contribution in [2.24, 2.45) is 7.05 Å². The van der Waals surface area contributed by atoms with Crippen LogP contribution in [0.2, 0.25) is 0 Å². The summed E-state index contributed by atoms with van der Waals surface area (Å²) in [5, 5.41) is 11.4. The predicted molar refractivity (Wildman–Crippen MR) is 488 cm³/mol. The third kappa shape index (κ3) is 19.9. The first-order chi connectivity index (χ1) is 66.2. The first-order valence-electron chi connectivity index (χ1n) is 43.5. The van der Waals surface area contributed by atoms with E-state index in [1.165, 1.54) is 63.6 Å². The van der Waals surface area contributed by atoms with E-state index in [0.717, 1.165) is 95.3 Å². The Labute approximate surface area is 782 Å². The van der Waals surface area contributed by atoms with Gasteiger partial charge in [-0.15, -0.1) is 5.10 Å². The molecule has 0 N–H and O–H groups in total. The molecule has 0 unspecified atom stereocenters. The number of aryl methyl sites for hydroxylation is 2. The van der Waals surface area contributed by atoms with Crippen LogP contribution in [-0.2, 0) is 90.4 Å². The van der Waals surface area contributed by atoms with Gasteiger partial charge in [0.2, 0.25) is 41.4 Å². The fourth-order valence-corrected chi connectivity index (χ4v) is 16.2. The summed E-state index contributed by atoms with van der Waals surface area (Å²) in [5.41, 5.74) is 12.4. The molecule has 39 heteroatoms. The Hall–Kier alpha value is -16.4. The van der Waals surface area contributed by atoms with Crippen LogP contribution in [0.1, 0.15) is 150 Å². The smallest absolute Gasteiger partial charge is 0.435 e. The van der Waals surface area contributed by atoms with Gasteiger partial charge in [0, 0.05) is 131 Å². The fourth-order valence-electron chi connectivity index (χ4n) is 16.2. The number of pyridine rings is 4. The van der Waals surface area contributed by atoms with Crippen molar-refractivity contribution in [3.63, 3.8) is 0 Å². The number of fused-ring (bicyclic) bond motifs is 4. The number of alkyl halides is 8. The summed E-state index contributed by atoms with van der Waals surface area (Å²) in [7, 11) is 2.78. The number of halogens is 10. The Morgan fingerprint density at radius 1 is 0.406 bits per heavy atom. The number of carbonyl (C=O) groups excluding carboxylic acids is 4. The number of benzene rings is 4. The van der Waals surface area contributed by atoms with Crippen LogP contribution >= 0.6 is 0 Å². The summed E-state index contributed by atoms with van der Waals surface area (Å²) in [6, 6.07) is 46.3. The number of hydrogen-bond acceptors (Lipinski definition) is 21. The summed E-state index contributed by atoms with van der Waals surface area (Å²) in [6.07, 6.45) is 4.82. The summed E-state index contributed by atoms with van der Waals surface area (Å²) < 4.78 is 142. The molecule has 0 saturated heterocycles. The minimum Gasteiger partial charge on any atom is -0.481 e. The molecule has 0 aliphatic carbocycles. The number of methoxy groups -OCH3 is 1. The Morgan fingerprint density at radius 2 is 0.768 bits per heavy atom. The molecule has 700 valence electrons. The molecule has 0 atom stereocenters. The number of anilines is 4. The summed E-state index contributed by atoms with van der Waals surface area (Å²) in [4.78, 5) is 115. The van der Waals surface area contributed by atoms with Gasteiger partial charge in [0.05, 0.1) is 98.7 Å². The van der Waals surface area contributed by atoms with Gasteiger partial charge < -0.3 is 9.30 Å². The quantitative estimate of drug-likeness (QED) is 0.0476. The Bertz CT molecular complexity index is 7270. The van der Waals surface area contributed by atoms with E-state index in [1.807, 2.05) is 98.8 Å². The minimum atomic E-state index is -4.59. The third-order valence-electron chi connectivity index (χ3n) is 23.0. The average molecular weight is 1880 g/mol. The number of carbonyl (C=O) groups is 4. The monoisotopic (exact) mass is 1880 g/mol. The lowest BCUT2D eigenvalue weighted by molar-refractivity contribution is -0.142. The summed E-state index contributed by atoms with van der Waals surface area (Å²) in [5.74, 6) is 3.04. The molecule has 0 spiro atoms. The highest BCUT2D eigenvalue weighted by atomic mass is 19.4. The molecule has 4 aliphatic heterocycles. The van der Waals surface area contributed by atoms with Gasteiger partial charge in [-0.05, 0) is 138 Å². The van der Waals surface area contributed by atoms with Crippen molar-refractivity contribution in [2.75, 3.05) is 26.7 Å². The lowest BCUT2D eigenvalue weighted by atomic mass is 10.0. The van der Waals surface area contributed by atoms with Gasteiger partial charge in [0.15, 0.2) is 34.7 Å². The van der Waals surface area contributed by atoms with Gasteiger partial charge in [0.1, 0.15) is 34.8 Å². The van der Waals surface area contributed by atoms with Crippen molar-refractivity contribution in [2.45, 2.75) is 137 Å². The van der Waals surface area contributed by atoms with E-state index in [9.17, 15) is 63.1 Å². The van der Waals surface area contributed by atoms with Crippen LogP contribution in [0.4, 0.5) is 67.2 Å². The van der Waals surface area contributed by atoms with Gasteiger partial charge in [-0.1, -0.05) is 102 Å². The molecule has 4 aromatic carbocycles. The zero-order chi connectivity index (χ0) is 97.3. The van der Waals surface area contributed by atoms with Gasteiger partial charge in [-0.3, -0.25) is 53.7 Å². The van der Waals surface area contributed by atoms with E-state index in [4.69, 9.17) is 19.7 Å². The zero-order valence-corrected chi connectivity index (χ0v) is 75.4. The standard InChI is InChI=1S/C26H23F3N6O2.C26H24F2N6O.C24H21FN6O.C23H16F4N6O/c1-15(2)23-19(5-4-10-30-23)24-31-13-17-11-21(36)34(25(17)32-24)14-16-6-8-18(9-7-16)35-22(37-3)12-20(33-35)26(27,28)29;1-15(2)23-20(5-4-10-29-23)25-30-13-18-12-22(35)33(26(18)31-25)14-17-6-8-19(9-7-17)34-16(3)11-21(32-34)24(27)28;1-15(2)22-19(4-3-10-26-22)23-27-13-17-12-21(32)30(24(17)28-23)14-16-5-7-18(8-6-16)31-11-9-20(25)29-31;1-32-12-17(23(25,26)27)30-21(32)14-6-4-13(5-7-14)11-33-18(34)9-15-10-29-20(31-22(15)33)16-3-2-8-28-19(16)24/h4-10,12-13,15H,11,14H2,1-3H3;4-11,13,15,24H,12,14H2,1-3H3;3-11,13,15H,12,14H2,1-2H3;2-8,10,12H,9,11H2,1H3. The van der Waals surface area contributed by atoms with E-state index in [-0.39, 0.29) is 109 Å². The number of imidazole rings is 1. The van der Waals surface area contributed by atoms with Crippen molar-refractivity contribution in [3.8, 4) is 79.9 Å². The van der Waals surface area contributed by atoms with Gasteiger partial charge in [-0.25, -0.2) is 72.7 Å². The zero-order valence-electron chi connectivity index (χ0n) is 75.4. The van der Waals surface area contributed by atoms with Crippen molar-refractivity contribution >= 4 is 46.9 Å². The molecule has 29 nitrogen and oxygen atoms in total. The first kappa shape index (κ1) is 93.4. The van der Waals surface area contributed by atoms with Crippen LogP contribution in [0.15, 0.2) is 226 Å². The fraction of sp³-hybridized carbons (Fsp3) is 0.232. The maximum atomic E-state index is 14.1. The topological polar surface area (TPSA) is 316 Å². The number of nitrogens with zero attached hydrogens (tertiary/aromatic N) is 24. The maximum Gasteiger partial charge on any atom is 0.435 e. The lowest BCUT2D eigenvalue weighted by Crippen LogP contribution is -2.26. The number of rotatable bonds is 21. The average Bonchev–Trinajstić information content (AvgIpc) is 1.64. The van der Waals surface area contributed by atoms with Crippen LogP contribution in [0.3, 0.4) is 0 Å². The van der Waals surface area contributed by atoms with E-state index < -0.39 is 42.1 Å². The van der Waals surface area contributed by atoms with Crippen molar-refractivity contribution in [3.05, 3.63) is 322 Å². The number of aromatic nitrogens is 20. The molecule has 12 aromatic heterocycles. The van der Waals surface area contributed by atoms with Crippen LogP contribution < -0.4 is 24.3 Å². The molecule has 0 saturated carbocycles. The number of hydrogen-bond donors (Lipinski definition) is 0. The van der Waals surface area contributed by atoms with Gasteiger partial charge in [-0.2, -0.15) is 45.3 Å². The molecule has 20 rings (SSSR count). The first-order valence-corrected chi connectivity index (χ1v) is 43.5. The van der Waals surface area contributed by atoms with Gasteiger partial charge in [0.25, 0.3) is 6.43 Å². The number of amides is 4. The van der Waals surface area contributed by atoms with Crippen LogP contribution in [0.5, 0.6) is 5.88 Å².